The highest BCUT2D eigenvalue weighted by Crippen LogP contribution is 2.15. The van der Waals surface area contributed by atoms with Gasteiger partial charge in [0.15, 0.2) is 0 Å². The molecule has 1 aliphatic heterocycles. The number of carbonyl (C=O) groups excluding carboxylic acids is 2. The van der Waals surface area contributed by atoms with Gasteiger partial charge < -0.3 is 5.73 Å². The van der Waals surface area contributed by atoms with Crippen LogP contribution < -0.4 is 5.73 Å². The molecule has 0 aliphatic carbocycles. The van der Waals surface area contributed by atoms with Crippen LogP contribution in [0.2, 0.25) is 0 Å². The first kappa shape index (κ1) is 11.7. The lowest BCUT2D eigenvalue weighted by Crippen LogP contribution is -2.39. The topological polar surface area (TPSA) is 76.3 Å². The second kappa shape index (κ2) is 5.05. The third-order valence-electron chi connectivity index (χ3n) is 2.81. The van der Waals surface area contributed by atoms with Gasteiger partial charge in [0, 0.05) is 25.6 Å². The van der Waals surface area contributed by atoms with Crippen LogP contribution in [0, 0.1) is 0 Å². The lowest BCUT2D eigenvalue weighted by atomic mass is 10.1. The third-order valence-corrected chi connectivity index (χ3v) is 2.81. The number of piperidine rings is 1. The monoisotopic (exact) mass is 233 g/mol. The highest BCUT2D eigenvalue weighted by atomic mass is 16.2. The number of rotatable bonds is 3. The summed E-state index contributed by atoms with van der Waals surface area (Å²) in [7, 11) is 0. The number of carbonyl (C=O) groups is 2. The quantitative estimate of drug-likeness (QED) is 0.775. The van der Waals surface area contributed by atoms with Gasteiger partial charge in [0.1, 0.15) is 0 Å². The van der Waals surface area contributed by atoms with Crippen LogP contribution in [0.4, 0.5) is 0 Å². The lowest BCUT2D eigenvalue weighted by Gasteiger charge is -2.24. The molecule has 2 heterocycles. The molecule has 1 fully saturated rings. The van der Waals surface area contributed by atoms with Crippen molar-refractivity contribution in [2.45, 2.75) is 32.4 Å². The zero-order valence-corrected chi connectivity index (χ0v) is 9.56. The number of amides is 2. The van der Waals surface area contributed by atoms with Crippen LogP contribution in [0.3, 0.4) is 0 Å². The Bertz CT molecular complexity index is 429. The van der Waals surface area contributed by atoms with E-state index in [0.717, 1.165) is 11.3 Å². The van der Waals surface area contributed by atoms with Crippen molar-refractivity contribution in [1.82, 2.24) is 9.88 Å². The summed E-state index contributed by atoms with van der Waals surface area (Å²) in [5.74, 6) is -0.181. The predicted molar refractivity (Wildman–Crippen MR) is 61.5 cm³/mol. The van der Waals surface area contributed by atoms with Crippen LogP contribution in [0.1, 0.15) is 30.5 Å². The molecule has 0 atom stereocenters. The number of hydrogen-bond acceptors (Lipinski definition) is 4. The summed E-state index contributed by atoms with van der Waals surface area (Å²) in [6.07, 6.45) is 3.23. The molecule has 1 aromatic heterocycles. The fraction of sp³-hybridized carbons (Fsp3) is 0.417. The molecule has 5 nitrogen and oxygen atoms in total. The molecule has 17 heavy (non-hydrogen) atoms. The van der Waals surface area contributed by atoms with Crippen LogP contribution >= 0.6 is 0 Å². The maximum Gasteiger partial charge on any atom is 0.229 e. The van der Waals surface area contributed by atoms with E-state index in [1.807, 2.05) is 6.07 Å². The Morgan fingerprint density at radius 3 is 2.65 bits per heavy atom. The summed E-state index contributed by atoms with van der Waals surface area (Å²) in [4.78, 5) is 28.7. The Morgan fingerprint density at radius 1 is 1.29 bits per heavy atom. The zero-order chi connectivity index (χ0) is 12.3. The minimum absolute atomic E-state index is 0.0904. The van der Waals surface area contributed by atoms with Gasteiger partial charge in [-0.05, 0) is 24.1 Å². The van der Waals surface area contributed by atoms with E-state index in [4.69, 9.17) is 5.73 Å². The van der Waals surface area contributed by atoms with Crippen molar-refractivity contribution in [3.63, 3.8) is 0 Å². The van der Waals surface area contributed by atoms with E-state index >= 15 is 0 Å². The summed E-state index contributed by atoms with van der Waals surface area (Å²) in [6.45, 7) is 0.683. The maximum atomic E-state index is 11.6. The van der Waals surface area contributed by atoms with Crippen LogP contribution in [0.5, 0.6) is 0 Å². The molecule has 0 radical (unpaired) electrons. The zero-order valence-electron chi connectivity index (χ0n) is 9.56. The summed E-state index contributed by atoms with van der Waals surface area (Å²) >= 11 is 0. The van der Waals surface area contributed by atoms with Crippen molar-refractivity contribution in [2.24, 2.45) is 5.73 Å². The fourth-order valence-corrected chi connectivity index (χ4v) is 1.90. The van der Waals surface area contributed by atoms with Gasteiger partial charge >= 0.3 is 0 Å². The van der Waals surface area contributed by atoms with Gasteiger partial charge in [-0.2, -0.15) is 0 Å². The molecule has 1 aliphatic rings. The van der Waals surface area contributed by atoms with E-state index in [1.165, 1.54) is 4.90 Å². The van der Waals surface area contributed by atoms with Crippen LogP contribution in [-0.4, -0.2) is 21.7 Å². The molecule has 1 saturated heterocycles. The lowest BCUT2D eigenvalue weighted by molar-refractivity contribution is -0.148. The molecule has 90 valence electrons. The summed E-state index contributed by atoms with van der Waals surface area (Å²) in [5, 5.41) is 0. The first-order chi connectivity index (χ1) is 8.20. The predicted octanol–water partition coefficient (Wildman–Crippen LogP) is 0.579. The van der Waals surface area contributed by atoms with Crippen molar-refractivity contribution >= 4 is 11.8 Å². The van der Waals surface area contributed by atoms with Crippen molar-refractivity contribution in [3.8, 4) is 0 Å². The van der Waals surface area contributed by atoms with E-state index < -0.39 is 0 Å². The number of nitrogens with two attached hydrogens (primary N) is 1. The Hall–Kier alpha value is -1.75. The summed E-state index contributed by atoms with van der Waals surface area (Å²) in [6, 6.07) is 3.63. The van der Waals surface area contributed by atoms with Crippen molar-refractivity contribution < 1.29 is 9.59 Å². The number of imide groups is 1. The standard InChI is InChI=1S/C12H15N3O2/c13-7-10-6-9(4-5-14-10)8-15-11(16)2-1-3-12(15)17/h4-6H,1-3,7-8,13H2. The van der Waals surface area contributed by atoms with Crippen molar-refractivity contribution in [3.05, 3.63) is 29.6 Å². The second-order valence-electron chi connectivity index (χ2n) is 4.09. The van der Waals surface area contributed by atoms with Gasteiger partial charge in [0.05, 0.1) is 12.2 Å². The second-order valence-corrected chi connectivity index (χ2v) is 4.09. The molecule has 2 amide bonds. The van der Waals surface area contributed by atoms with Gasteiger partial charge in [-0.3, -0.25) is 19.5 Å². The van der Waals surface area contributed by atoms with Crippen LogP contribution in [-0.2, 0) is 22.7 Å². The average Bonchev–Trinajstić information content (AvgIpc) is 2.34. The largest absolute Gasteiger partial charge is 0.325 e. The van der Waals surface area contributed by atoms with E-state index in [1.54, 1.807) is 12.3 Å². The molecule has 0 aromatic carbocycles. The number of nitrogens with zero attached hydrogens (tertiary/aromatic N) is 2. The van der Waals surface area contributed by atoms with E-state index in [0.29, 0.717) is 32.4 Å². The average molecular weight is 233 g/mol. The van der Waals surface area contributed by atoms with Gasteiger partial charge in [-0.1, -0.05) is 0 Å². The number of pyridine rings is 1. The molecule has 0 unspecified atom stereocenters. The highest BCUT2D eigenvalue weighted by Gasteiger charge is 2.25. The molecule has 0 saturated carbocycles. The molecule has 0 bridgehead atoms. The first-order valence-electron chi connectivity index (χ1n) is 5.68. The van der Waals surface area contributed by atoms with Crippen molar-refractivity contribution in [2.75, 3.05) is 0 Å². The molecule has 1 aromatic rings. The Labute approximate surface area is 99.6 Å². The molecular weight excluding hydrogens is 218 g/mol. The van der Waals surface area contributed by atoms with Crippen LogP contribution in [0.25, 0.3) is 0 Å². The minimum atomic E-state index is -0.0904. The molecule has 0 spiro atoms. The Balaban J connectivity index is 2.13. The third kappa shape index (κ3) is 2.68. The SMILES string of the molecule is NCc1cc(CN2C(=O)CCCC2=O)ccn1. The number of likely N-dealkylation sites (tertiary alicyclic amines) is 1. The minimum Gasteiger partial charge on any atom is -0.325 e. The van der Waals surface area contributed by atoms with Gasteiger partial charge in [0.25, 0.3) is 0 Å². The summed E-state index contributed by atoms with van der Waals surface area (Å²) < 4.78 is 0. The maximum absolute atomic E-state index is 11.6. The molecular formula is C12H15N3O2. The van der Waals surface area contributed by atoms with Crippen LogP contribution in [0.15, 0.2) is 18.3 Å². The van der Waals surface area contributed by atoms with Gasteiger partial charge in [0.2, 0.25) is 11.8 Å². The van der Waals surface area contributed by atoms with Gasteiger partial charge in [-0.15, -0.1) is 0 Å². The highest BCUT2D eigenvalue weighted by molar-refractivity contribution is 5.97. The number of hydrogen-bond donors (Lipinski definition) is 1. The van der Waals surface area contributed by atoms with E-state index in [9.17, 15) is 9.59 Å². The smallest absolute Gasteiger partial charge is 0.229 e. The number of aromatic nitrogens is 1. The molecule has 2 N–H and O–H groups in total. The van der Waals surface area contributed by atoms with Crippen molar-refractivity contribution in [1.29, 1.82) is 0 Å². The van der Waals surface area contributed by atoms with Gasteiger partial charge in [-0.25, -0.2) is 0 Å². The Morgan fingerprint density at radius 2 is 2.00 bits per heavy atom. The van der Waals surface area contributed by atoms with E-state index in [-0.39, 0.29) is 11.8 Å². The normalized spacial score (nSPS) is 16.4. The fourth-order valence-electron chi connectivity index (χ4n) is 1.90. The molecule has 5 heteroatoms. The first-order valence-corrected chi connectivity index (χ1v) is 5.68. The molecule has 2 rings (SSSR count). The summed E-state index contributed by atoms with van der Waals surface area (Å²) in [5.41, 5.74) is 7.15. The van der Waals surface area contributed by atoms with E-state index in [2.05, 4.69) is 4.98 Å². The Kier molecular flexibility index (Phi) is 3.49.